The fraction of sp³-hybridized carbons (Fsp3) is 0.103. The van der Waals surface area contributed by atoms with Crippen molar-refractivity contribution in [2.75, 3.05) is 11.5 Å². The van der Waals surface area contributed by atoms with E-state index in [2.05, 4.69) is 16.5 Å². The largest absolute Gasteiger partial charge is 0.505 e. The number of hydrogen-bond acceptors (Lipinski definition) is 7. The van der Waals surface area contributed by atoms with Gasteiger partial charge in [-0.1, -0.05) is 53.8 Å². The Morgan fingerprint density at radius 1 is 1.15 bits per heavy atom. The summed E-state index contributed by atoms with van der Waals surface area (Å²) in [4.78, 5) is 37.8. The first-order chi connectivity index (χ1) is 18.9. The Hall–Kier alpha value is -4.47. The average Bonchev–Trinajstić information content (AvgIpc) is 3.57. The molecule has 194 valence electrons. The Balaban J connectivity index is 1.59. The van der Waals surface area contributed by atoms with Gasteiger partial charge in [0, 0.05) is 11.2 Å². The second-order valence-corrected chi connectivity index (χ2v) is 10.4. The summed E-state index contributed by atoms with van der Waals surface area (Å²) in [5.74, 6) is -1.41. The molecule has 1 atom stereocenters. The number of hydrogen-bond donors (Lipinski definition) is 1. The van der Waals surface area contributed by atoms with Gasteiger partial charge in [-0.15, -0.1) is 0 Å². The Kier molecular flexibility index (Phi) is 6.17. The Morgan fingerprint density at radius 3 is 2.82 bits per heavy atom. The van der Waals surface area contributed by atoms with Gasteiger partial charge >= 0.3 is 5.91 Å². The SMILES string of the molecule is C=CCOc1cccc(C2C(=C(O)c3c(C)nc4ccccn34)C(=O)C(=O)N2c2nc3ccc(Cl)cc3s2)c1. The Labute approximate surface area is 232 Å². The number of fused-ring (bicyclic) bond motifs is 2. The molecule has 10 heteroatoms. The molecule has 0 aliphatic carbocycles. The second kappa shape index (κ2) is 9.68. The van der Waals surface area contributed by atoms with Crippen LogP contribution in [0.3, 0.4) is 0 Å². The number of nitrogens with zero attached hydrogens (tertiary/aromatic N) is 4. The van der Waals surface area contributed by atoms with Gasteiger partial charge in [-0.2, -0.15) is 0 Å². The number of aromatic nitrogens is 3. The number of benzene rings is 2. The molecule has 4 heterocycles. The van der Waals surface area contributed by atoms with Crippen LogP contribution in [-0.4, -0.2) is 37.8 Å². The number of anilines is 1. The number of carbonyl (C=O) groups is 2. The zero-order chi connectivity index (χ0) is 27.3. The minimum Gasteiger partial charge on any atom is -0.505 e. The monoisotopic (exact) mass is 556 g/mol. The van der Waals surface area contributed by atoms with Crippen LogP contribution in [0.15, 0.2) is 85.1 Å². The standard InChI is InChI=1S/C29H21ClN4O4S/c1-3-13-38-19-8-6-7-17(14-19)25-23(26(35)24-16(2)31-22-9-4-5-12-33(22)24)27(36)28(37)34(25)29-32-20-11-10-18(30)15-21(20)39-29/h3-12,14-15,25,35H,1,13H2,2H3. The minimum atomic E-state index is -0.970. The van der Waals surface area contributed by atoms with Crippen LogP contribution in [0.25, 0.3) is 21.6 Å². The first kappa shape index (κ1) is 24.8. The van der Waals surface area contributed by atoms with E-state index in [4.69, 9.17) is 16.3 Å². The van der Waals surface area contributed by atoms with Gasteiger partial charge in [0.05, 0.1) is 27.5 Å². The lowest BCUT2D eigenvalue weighted by Crippen LogP contribution is -2.29. The van der Waals surface area contributed by atoms with Crippen LogP contribution < -0.4 is 9.64 Å². The third kappa shape index (κ3) is 4.16. The molecule has 1 aliphatic heterocycles. The third-order valence-electron chi connectivity index (χ3n) is 6.46. The smallest absolute Gasteiger partial charge is 0.301 e. The van der Waals surface area contributed by atoms with Gasteiger partial charge in [0.1, 0.15) is 23.7 Å². The number of Topliss-reactive ketones (excluding diaryl/α,β-unsaturated/α-hetero) is 1. The summed E-state index contributed by atoms with van der Waals surface area (Å²) in [6, 6.07) is 16.8. The lowest BCUT2D eigenvalue weighted by atomic mass is 9.96. The van der Waals surface area contributed by atoms with Crippen LogP contribution in [0, 0.1) is 6.92 Å². The first-order valence-corrected chi connectivity index (χ1v) is 13.2. The fourth-order valence-corrected chi connectivity index (χ4v) is 6.06. The van der Waals surface area contributed by atoms with E-state index in [1.807, 2.05) is 6.07 Å². The van der Waals surface area contributed by atoms with E-state index >= 15 is 0 Å². The molecule has 1 aliphatic rings. The zero-order valence-corrected chi connectivity index (χ0v) is 22.2. The molecule has 3 aromatic heterocycles. The van der Waals surface area contributed by atoms with E-state index in [0.29, 0.717) is 44.0 Å². The maximum Gasteiger partial charge on any atom is 0.301 e. The van der Waals surface area contributed by atoms with E-state index in [-0.39, 0.29) is 17.9 Å². The highest BCUT2D eigenvalue weighted by Crippen LogP contribution is 2.45. The van der Waals surface area contributed by atoms with Gasteiger partial charge < -0.3 is 9.84 Å². The molecule has 0 bridgehead atoms. The lowest BCUT2D eigenvalue weighted by Gasteiger charge is -2.23. The lowest BCUT2D eigenvalue weighted by molar-refractivity contribution is -0.132. The molecule has 0 spiro atoms. The number of halogens is 1. The van der Waals surface area contributed by atoms with Crippen LogP contribution in [0.4, 0.5) is 5.13 Å². The van der Waals surface area contributed by atoms with Crippen LogP contribution in [-0.2, 0) is 9.59 Å². The molecular formula is C29H21ClN4O4S. The summed E-state index contributed by atoms with van der Waals surface area (Å²) < 4.78 is 8.18. The maximum absolute atomic E-state index is 13.7. The van der Waals surface area contributed by atoms with Crippen molar-refractivity contribution in [3.05, 3.63) is 107 Å². The number of rotatable bonds is 6. The minimum absolute atomic E-state index is 0.0630. The molecule has 5 aromatic rings. The number of ether oxygens (including phenoxy) is 1. The van der Waals surface area contributed by atoms with Crippen LogP contribution in [0.1, 0.15) is 23.0 Å². The summed E-state index contributed by atoms with van der Waals surface area (Å²) in [6.45, 7) is 5.71. The molecule has 39 heavy (non-hydrogen) atoms. The molecule has 1 fully saturated rings. The van der Waals surface area contributed by atoms with Gasteiger partial charge in [0.15, 0.2) is 10.9 Å². The van der Waals surface area contributed by atoms with Gasteiger partial charge in [-0.05, 0) is 55.0 Å². The molecular weight excluding hydrogens is 536 g/mol. The predicted molar refractivity (Wildman–Crippen MR) is 151 cm³/mol. The molecule has 2 aromatic carbocycles. The van der Waals surface area contributed by atoms with Gasteiger partial charge in [-0.25, -0.2) is 9.97 Å². The summed E-state index contributed by atoms with van der Waals surface area (Å²) in [5, 5.41) is 12.5. The number of imidazole rings is 1. The highest BCUT2D eigenvalue weighted by atomic mass is 35.5. The number of carbonyl (C=O) groups excluding carboxylic acids is 2. The van der Waals surface area contributed by atoms with Crippen LogP contribution in [0.5, 0.6) is 5.75 Å². The van der Waals surface area contributed by atoms with E-state index in [1.54, 1.807) is 78.2 Å². The fourth-order valence-electron chi connectivity index (χ4n) is 4.79. The van der Waals surface area contributed by atoms with E-state index in [9.17, 15) is 14.7 Å². The Morgan fingerprint density at radius 2 is 2.00 bits per heavy atom. The van der Waals surface area contributed by atoms with Crippen molar-refractivity contribution in [2.24, 2.45) is 0 Å². The quantitative estimate of drug-likeness (QED) is 0.117. The van der Waals surface area contributed by atoms with Crippen molar-refractivity contribution in [2.45, 2.75) is 13.0 Å². The molecule has 1 amide bonds. The third-order valence-corrected chi connectivity index (χ3v) is 7.71. The summed E-state index contributed by atoms with van der Waals surface area (Å²) >= 11 is 7.42. The van der Waals surface area contributed by atoms with Crippen molar-refractivity contribution >= 4 is 61.4 Å². The zero-order valence-electron chi connectivity index (χ0n) is 20.7. The van der Waals surface area contributed by atoms with Gasteiger partial charge in [0.2, 0.25) is 0 Å². The van der Waals surface area contributed by atoms with E-state index in [0.717, 1.165) is 4.70 Å². The summed E-state index contributed by atoms with van der Waals surface area (Å²) in [6.07, 6.45) is 3.37. The maximum atomic E-state index is 13.7. The molecule has 1 unspecified atom stereocenters. The van der Waals surface area contributed by atoms with E-state index in [1.165, 1.54) is 16.2 Å². The highest BCUT2D eigenvalue weighted by Gasteiger charge is 2.48. The summed E-state index contributed by atoms with van der Waals surface area (Å²) in [7, 11) is 0. The normalized spacial score (nSPS) is 16.9. The topological polar surface area (TPSA) is 97.0 Å². The molecule has 6 rings (SSSR count). The number of amides is 1. The van der Waals surface area contributed by atoms with Crippen molar-refractivity contribution in [3.8, 4) is 5.75 Å². The molecule has 0 saturated carbocycles. The number of pyridine rings is 1. The summed E-state index contributed by atoms with van der Waals surface area (Å²) in [5.41, 5.74) is 2.60. The van der Waals surface area contributed by atoms with Crippen molar-refractivity contribution in [3.63, 3.8) is 0 Å². The highest BCUT2D eigenvalue weighted by molar-refractivity contribution is 7.22. The Bertz CT molecular complexity index is 1840. The number of aliphatic hydroxyl groups is 1. The van der Waals surface area contributed by atoms with Crippen LogP contribution >= 0.6 is 22.9 Å². The van der Waals surface area contributed by atoms with Crippen molar-refractivity contribution < 1.29 is 19.4 Å². The van der Waals surface area contributed by atoms with Crippen molar-refractivity contribution in [1.29, 1.82) is 0 Å². The van der Waals surface area contributed by atoms with Gasteiger partial charge in [-0.3, -0.25) is 18.9 Å². The van der Waals surface area contributed by atoms with Crippen molar-refractivity contribution in [1.82, 2.24) is 14.4 Å². The second-order valence-electron chi connectivity index (χ2n) is 8.92. The number of aliphatic hydroxyl groups excluding tert-OH is 1. The molecule has 1 saturated heterocycles. The molecule has 1 N–H and O–H groups in total. The number of aryl methyl sites for hydroxylation is 1. The van der Waals surface area contributed by atoms with E-state index < -0.39 is 17.7 Å². The molecule has 8 nitrogen and oxygen atoms in total. The van der Waals surface area contributed by atoms with Gasteiger partial charge in [0.25, 0.3) is 5.78 Å². The average molecular weight is 557 g/mol. The number of thiazole rings is 1. The first-order valence-electron chi connectivity index (χ1n) is 12.0. The van der Waals surface area contributed by atoms with Crippen LogP contribution in [0.2, 0.25) is 5.02 Å². The number of ketones is 1. The predicted octanol–water partition coefficient (Wildman–Crippen LogP) is 6.10. The molecule has 0 radical (unpaired) electrons.